The molecule has 0 aliphatic carbocycles. The highest BCUT2D eigenvalue weighted by Gasteiger charge is 2.30. The summed E-state index contributed by atoms with van der Waals surface area (Å²) in [6, 6.07) is 16.0. The molecule has 0 spiro atoms. The predicted molar refractivity (Wildman–Crippen MR) is 109 cm³/mol. The first-order valence-corrected chi connectivity index (χ1v) is 9.12. The van der Waals surface area contributed by atoms with Gasteiger partial charge in [0, 0.05) is 25.6 Å². The number of carbonyl (C=O) groups is 1. The van der Waals surface area contributed by atoms with Crippen LogP contribution in [0.25, 0.3) is 11.4 Å². The van der Waals surface area contributed by atoms with Crippen molar-refractivity contribution in [1.82, 2.24) is 15.0 Å². The third kappa shape index (κ3) is 3.93. The highest BCUT2D eigenvalue weighted by atomic mass is 35.5. The van der Waals surface area contributed by atoms with Crippen LogP contribution in [-0.2, 0) is 24.2 Å². The molecule has 2 heterocycles. The molecule has 3 aromatic rings. The third-order valence-electron chi connectivity index (χ3n) is 5.10. The number of nitrogens with zero attached hydrogens (tertiary/aromatic N) is 3. The van der Waals surface area contributed by atoms with Crippen LogP contribution in [0.5, 0.6) is 0 Å². The summed E-state index contributed by atoms with van der Waals surface area (Å²) in [6.45, 7) is 2.82. The van der Waals surface area contributed by atoms with E-state index in [1.54, 1.807) is 6.92 Å². The van der Waals surface area contributed by atoms with Crippen molar-refractivity contribution in [1.29, 1.82) is 0 Å². The Balaban J connectivity index is 0.00000225. The number of nitrogens with two attached hydrogens (primary N) is 1. The molecule has 0 bridgehead atoms. The van der Waals surface area contributed by atoms with E-state index < -0.39 is 0 Å². The molecule has 0 radical (unpaired) electrons. The third-order valence-corrected chi connectivity index (χ3v) is 5.10. The molecule has 2 aromatic carbocycles. The van der Waals surface area contributed by atoms with Crippen molar-refractivity contribution in [2.45, 2.75) is 32.4 Å². The Labute approximate surface area is 170 Å². The summed E-state index contributed by atoms with van der Waals surface area (Å²) >= 11 is 0. The number of aromatic nitrogens is 2. The lowest BCUT2D eigenvalue weighted by Gasteiger charge is -2.36. The molecule has 1 aliphatic heterocycles. The van der Waals surface area contributed by atoms with Gasteiger partial charge in [0.1, 0.15) is 0 Å². The Kier molecular flexibility index (Phi) is 6.11. The van der Waals surface area contributed by atoms with Crippen molar-refractivity contribution in [2.24, 2.45) is 5.73 Å². The fraction of sp³-hybridized carbons (Fsp3) is 0.286. The molecule has 1 amide bonds. The predicted octanol–water partition coefficient (Wildman–Crippen LogP) is 3.31. The second-order valence-electron chi connectivity index (χ2n) is 6.79. The minimum atomic E-state index is -0.0830. The van der Waals surface area contributed by atoms with Crippen molar-refractivity contribution in [3.63, 3.8) is 0 Å². The summed E-state index contributed by atoms with van der Waals surface area (Å²) in [5.41, 5.74) is 10.0. The average molecular weight is 399 g/mol. The first-order valence-electron chi connectivity index (χ1n) is 9.12. The quantitative estimate of drug-likeness (QED) is 0.728. The molecule has 6 nitrogen and oxygen atoms in total. The number of carbonyl (C=O) groups excluding carboxylic acids is 1. The average Bonchev–Trinajstić information content (AvgIpc) is 3.16. The monoisotopic (exact) mass is 398 g/mol. The number of halogens is 1. The first-order chi connectivity index (χ1) is 13.2. The van der Waals surface area contributed by atoms with Gasteiger partial charge in [-0.3, -0.25) is 4.79 Å². The molecule has 1 aliphatic rings. The highest BCUT2D eigenvalue weighted by Crippen LogP contribution is 2.32. The maximum Gasteiger partial charge on any atom is 0.229 e. The lowest BCUT2D eigenvalue weighted by Crippen LogP contribution is -2.39. The van der Waals surface area contributed by atoms with E-state index in [9.17, 15) is 4.79 Å². The van der Waals surface area contributed by atoms with Crippen molar-refractivity contribution in [3.05, 3.63) is 71.1 Å². The zero-order chi connectivity index (χ0) is 18.8. The van der Waals surface area contributed by atoms with Crippen molar-refractivity contribution in [2.75, 3.05) is 6.54 Å². The Hall–Kier alpha value is -2.70. The normalized spacial score (nSPS) is 15.6. The van der Waals surface area contributed by atoms with Crippen LogP contribution in [0.3, 0.4) is 0 Å². The minimum Gasteiger partial charge on any atom is -0.339 e. The number of hydrogen-bond donors (Lipinski definition) is 1. The Morgan fingerprint density at radius 3 is 2.68 bits per heavy atom. The molecule has 1 atom stereocenters. The Morgan fingerprint density at radius 2 is 1.96 bits per heavy atom. The van der Waals surface area contributed by atoms with Crippen LogP contribution in [0.2, 0.25) is 0 Å². The number of hydrogen-bond acceptors (Lipinski definition) is 5. The molecule has 4 rings (SSSR count). The van der Waals surface area contributed by atoms with E-state index in [4.69, 9.17) is 10.3 Å². The molecule has 2 N–H and O–H groups in total. The van der Waals surface area contributed by atoms with E-state index >= 15 is 0 Å². The maximum atomic E-state index is 12.1. The number of benzene rings is 2. The van der Waals surface area contributed by atoms with Crippen LogP contribution in [0.15, 0.2) is 53.1 Å². The van der Waals surface area contributed by atoms with Gasteiger partial charge in [-0.2, -0.15) is 4.98 Å². The van der Waals surface area contributed by atoms with Crippen LogP contribution in [-0.4, -0.2) is 27.5 Å². The topological polar surface area (TPSA) is 85.2 Å². The smallest absolute Gasteiger partial charge is 0.229 e. The summed E-state index contributed by atoms with van der Waals surface area (Å²) in [7, 11) is 0. The van der Waals surface area contributed by atoms with E-state index in [-0.39, 0.29) is 24.4 Å². The molecule has 1 unspecified atom stereocenters. The van der Waals surface area contributed by atoms with Crippen LogP contribution < -0.4 is 5.73 Å². The summed E-state index contributed by atoms with van der Waals surface area (Å²) in [4.78, 5) is 18.6. The minimum absolute atomic E-state index is 0. The zero-order valence-electron chi connectivity index (χ0n) is 15.7. The lowest BCUT2D eigenvalue weighted by molar-refractivity contribution is -0.131. The molecule has 146 valence electrons. The number of rotatable bonds is 4. The Bertz CT molecular complexity index is 955. The van der Waals surface area contributed by atoms with E-state index in [0.29, 0.717) is 31.2 Å². The van der Waals surface area contributed by atoms with Crippen molar-refractivity contribution < 1.29 is 9.32 Å². The summed E-state index contributed by atoms with van der Waals surface area (Å²) in [6.07, 6.45) is 1.37. The van der Waals surface area contributed by atoms with Gasteiger partial charge in [-0.1, -0.05) is 53.7 Å². The maximum absolute atomic E-state index is 12.1. The fourth-order valence-corrected chi connectivity index (χ4v) is 3.66. The van der Waals surface area contributed by atoms with Gasteiger partial charge in [-0.05, 0) is 23.1 Å². The molecule has 0 fully saturated rings. The molecule has 0 saturated carbocycles. The molecule has 0 saturated heterocycles. The van der Waals surface area contributed by atoms with Crippen LogP contribution in [0, 0.1) is 0 Å². The molecular formula is C21H23ClN4O2. The number of amides is 1. The van der Waals surface area contributed by atoms with Gasteiger partial charge in [-0.25, -0.2) is 0 Å². The van der Waals surface area contributed by atoms with Crippen LogP contribution in [0.4, 0.5) is 0 Å². The van der Waals surface area contributed by atoms with Gasteiger partial charge >= 0.3 is 0 Å². The van der Waals surface area contributed by atoms with Crippen molar-refractivity contribution >= 4 is 18.3 Å². The number of fused-ring (bicyclic) bond motifs is 1. The molecule has 7 heteroatoms. The van der Waals surface area contributed by atoms with Gasteiger partial charge in [-0.15, -0.1) is 12.4 Å². The molecule has 28 heavy (non-hydrogen) atoms. The largest absolute Gasteiger partial charge is 0.339 e. The molecule has 1 aromatic heterocycles. The Morgan fingerprint density at radius 1 is 1.21 bits per heavy atom. The van der Waals surface area contributed by atoms with Crippen LogP contribution in [0.1, 0.15) is 35.5 Å². The van der Waals surface area contributed by atoms with Crippen molar-refractivity contribution in [3.8, 4) is 11.4 Å². The fourth-order valence-electron chi connectivity index (χ4n) is 3.66. The van der Waals surface area contributed by atoms with E-state index in [1.807, 2.05) is 41.3 Å². The van der Waals surface area contributed by atoms with Gasteiger partial charge in [0.2, 0.25) is 17.6 Å². The second kappa shape index (κ2) is 8.54. The van der Waals surface area contributed by atoms with E-state index in [0.717, 1.165) is 23.1 Å². The van der Waals surface area contributed by atoms with Gasteiger partial charge < -0.3 is 15.2 Å². The zero-order valence-corrected chi connectivity index (χ0v) is 16.5. The van der Waals surface area contributed by atoms with E-state index in [2.05, 4.69) is 22.3 Å². The SMILES string of the molecule is CC(=O)N1CCc2ccccc2C1Cc1nc(-c2ccc(CN)cc2)no1.Cl. The molecular weight excluding hydrogens is 376 g/mol. The summed E-state index contributed by atoms with van der Waals surface area (Å²) in [5.74, 6) is 1.14. The first kappa shape index (κ1) is 20.0. The second-order valence-corrected chi connectivity index (χ2v) is 6.79. The lowest BCUT2D eigenvalue weighted by atomic mass is 9.90. The summed E-state index contributed by atoms with van der Waals surface area (Å²) in [5, 5.41) is 4.11. The van der Waals surface area contributed by atoms with Gasteiger partial charge in [0.05, 0.1) is 12.5 Å². The van der Waals surface area contributed by atoms with E-state index in [1.165, 1.54) is 5.56 Å². The highest BCUT2D eigenvalue weighted by molar-refractivity contribution is 5.85. The standard InChI is InChI=1S/C21H22N4O2.ClH/c1-14(26)25-11-10-16-4-2-3-5-18(16)19(25)12-20-23-21(24-27-20)17-8-6-15(13-22)7-9-17;/h2-9,19H,10-13,22H2,1H3;1H. The van der Waals surface area contributed by atoms with Crippen LogP contribution >= 0.6 is 12.4 Å². The summed E-state index contributed by atoms with van der Waals surface area (Å²) < 4.78 is 5.50. The van der Waals surface area contributed by atoms with Gasteiger partial charge in [0.25, 0.3) is 0 Å². The van der Waals surface area contributed by atoms with Gasteiger partial charge in [0.15, 0.2) is 0 Å².